The topological polar surface area (TPSA) is 37.3 Å². The molecular formula is C24H28F3N3O. The number of aryl methyl sites for hydroxylation is 2. The van der Waals surface area contributed by atoms with E-state index in [4.69, 9.17) is 0 Å². The third kappa shape index (κ3) is 3.64. The predicted octanol–water partition coefficient (Wildman–Crippen LogP) is 4.95. The Morgan fingerprint density at radius 3 is 2.52 bits per heavy atom. The first-order chi connectivity index (χ1) is 14.5. The van der Waals surface area contributed by atoms with Gasteiger partial charge in [-0.1, -0.05) is 26.0 Å². The maximum absolute atomic E-state index is 13.8. The minimum atomic E-state index is -4.43. The Kier molecular flexibility index (Phi) is 5.18. The summed E-state index contributed by atoms with van der Waals surface area (Å²) in [5, 5.41) is 2.73. The van der Waals surface area contributed by atoms with E-state index in [0.717, 1.165) is 23.7 Å². The molecule has 3 heterocycles. The van der Waals surface area contributed by atoms with Crippen LogP contribution in [0.15, 0.2) is 59.5 Å². The number of carbonyl (C=O) groups excluding carboxylic acids is 1. The summed E-state index contributed by atoms with van der Waals surface area (Å²) in [6, 6.07) is 4.24. The molecule has 4 nitrogen and oxygen atoms in total. The third-order valence-electron chi connectivity index (χ3n) is 6.80. The molecule has 166 valence electrons. The Morgan fingerprint density at radius 1 is 1.23 bits per heavy atom. The molecule has 1 aromatic heterocycles. The highest BCUT2D eigenvalue weighted by atomic mass is 19.4. The van der Waals surface area contributed by atoms with Crippen LogP contribution in [0.4, 0.5) is 13.2 Å². The molecule has 0 fully saturated rings. The van der Waals surface area contributed by atoms with Gasteiger partial charge in [0.25, 0.3) is 0 Å². The van der Waals surface area contributed by atoms with E-state index in [-0.39, 0.29) is 24.4 Å². The Hall–Kier alpha value is -2.70. The molecule has 7 heteroatoms. The molecule has 1 N–H and O–H groups in total. The van der Waals surface area contributed by atoms with Crippen molar-refractivity contribution in [3.63, 3.8) is 0 Å². The first-order valence-electron chi connectivity index (χ1n) is 10.6. The minimum absolute atomic E-state index is 0.0250. The van der Waals surface area contributed by atoms with Crippen molar-refractivity contribution in [3.8, 4) is 0 Å². The van der Waals surface area contributed by atoms with Crippen LogP contribution in [-0.4, -0.2) is 34.6 Å². The normalized spacial score (nSPS) is 25.7. The summed E-state index contributed by atoms with van der Waals surface area (Å²) < 4.78 is 41.7. The van der Waals surface area contributed by atoms with Crippen molar-refractivity contribution in [2.45, 2.75) is 46.3 Å². The highest BCUT2D eigenvalue weighted by molar-refractivity contribution is 5.86. The molecule has 2 atom stereocenters. The molecule has 1 aromatic rings. The van der Waals surface area contributed by atoms with E-state index >= 15 is 0 Å². The van der Waals surface area contributed by atoms with Gasteiger partial charge in [0.05, 0.1) is 17.0 Å². The molecule has 0 saturated heterocycles. The number of hydrogen-bond donors (Lipinski definition) is 1. The average Bonchev–Trinajstić information content (AvgIpc) is 3.30. The fraction of sp³-hybridized carbons (Fsp3) is 0.458. The van der Waals surface area contributed by atoms with Crippen LogP contribution in [0.5, 0.6) is 0 Å². The predicted molar refractivity (Wildman–Crippen MR) is 114 cm³/mol. The lowest BCUT2D eigenvalue weighted by atomic mass is 9.74. The lowest BCUT2D eigenvalue weighted by molar-refractivity contribution is -0.141. The van der Waals surface area contributed by atoms with Crippen LogP contribution in [0.2, 0.25) is 0 Å². The molecule has 1 amide bonds. The second kappa shape index (κ2) is 7.46. The van der Waals surface area contributed by atoms with E-state index in [1.165, 1.54) is 0 Å². The van der Waals surface area contributed by atoms with Crippen molar-refractivity contribution in [2.24, 2.45) is 11.3 Å². The van der Waals surface area contributed by atoms with Crippen molar-refractivity contribution >= 4 is 5.91 Å². The zero-order valence-corrected chi connectivity index (χ0v) is 18.3. The van der Waals surface area contributed by atoms with Gasteiger partial charge in [-0.05, 0) is 56.0 Å². The average molecular weight is 432 g/mol. The molecule has 3 aliphatic rings. The van der Waals surface area contributed by atoms with Crippen LogP contribution in [0, 0.1) is 25.2 Å². The number of nitrogens with zero attached hydrogens (tertiary/aromatic N) is 2. The standard InChI is InChI=1S/C24H28F3N3O/c1-15(2)23(9-7-20(12-23)30-16(3)5-6-17(30)4)22(31)29-10-8-21-18(14-29)11-19(13-28-21)24(25,26)27/h5-9,11,13,15,20,28H,10,12,14H2,1-4H3/t20-,23+/m1/s1. The molecule has 0 bridgehead atoms. The maximum atomic E-state index is 13.8. The van der Waals surface area contributed by atoms with Crippen molar-refractivity contribution in [1.82, 2.24) is 14.8 Å². The van der Waals surface area contributed by atoms with Crippen LogP contribution in [0.3, 0.4) is 0 Å². The van der Waals surface area contributed by atoms with Gasteiger partial charge in [0.1, 0.15) is 0 Å². The first kappa shape index (κ1) is 21.5. The maximum Gasteiger partial charge on any atom is 0.417 e. The highest BCUT2D eigenvalue weighted by Gasteiger charge is 2.47. The number of allylic oxidation sites excluding steroid dienone is 3. The number of halogens is 3. The van der Waals surface area contributed by atoms with Gasteiger partial charge in [-0.2, -0.15) is 13.2 Å². The summed E-state index contributed by atoms with van der Waals surface area (Å²) in [5.74, 6) is 0.0370. The lowest BCUT2D eigenvalue weighted by Crippen LogP contribution is -2.48. The van der Waals surface area contributed by atoms with Crippen LogP contribution in [0.25, 0.3) is 0 Å². The smallest absolute Gasteiger partial charge is 0.361 e. The molecule has 31 heavy (non-hydrogen) atoms. The van der Waals surface area contributed by atoms with E-state index in [9.17, 15) is 18.0 Å². The van der Waals surface area contributed by atoms with Crippen LogP contribution >= 0.6 is 0 Å². The SMILES string of the molecule is Cc1ccc(C)n1[C@@H]1C=C[C@@](C(=O)N2CC=C3NC=C(C(F)(F)F)C=C3C2)(C(C)C)C1. The van der Waals surface area contributed by atoms with Gasteiger partial charge < -0.3 is 14.8 Å². The Bertz CT molecular complexity index is 1010. The second-order valence-electron chi connectivity index (χ2n) is 9.03. The largest absolute Gasteiger partial charge is 0.417 e. The van der Waals surface area contributed by atoms with Gasteiger partial charge in [-0.3, -0.25) is 4.79 Å². The number of fused-ring (bicyclic) bond motifs is 1. The van der Waals surface area contributed by atoms with E-state index in [2.05, 4.69) is 41.9 Å². The van der Waals surface area contributed by atoms with Crippen LogP contribution < -0.4 is 5.32 Å². The van der Waals surface area contributed by atoms with Gasteiger partial charge in [-0.25, -0.2) is 0 Å². The first-order valence-corrected chi connectivity index (χ1v) is 10.6. The lowest BCUT2D eigenvalue weighted by Gasteiger charge is -2.39. The van der Waals surface area contributed by atoms with E-state index in [0.29, 0.717) is 24.2 Å². The number of nitrogens with one attached hydrogen (secondary N) is 1. The van der Waals surface area contributed by atoms with Gasteiger partial charge in [0.15, 0.2) is 0 Å². The molecule has 0 saturated carbocycles. The van der Waals surface area contributed by atoms with Crippen molar-refractivity contribution in [3.05, 3.63) is 70.9 Å². The number of amides is 1. The molecular weight excluding hydrogens is 403 g/mol. The molecule has 0 radical (unpaired) electrons. The Morgan fingerprint density at radius 2 is 1.90 bits per heavy atom. The van der Waals surface area contributed by atoms with Gasteiger partial charge in [0.2, 0.25) is 5.91 Å². The Labute approximate surface area is 180 Å². The summed E-state index contributed by atoms with van der Waals surface area (Å²) in [7, 11) is 0. The van der Waals surface area contributed by atoms with Crippen LogP contribution in [-0.2, 0) is 4.79 Å². The molecule has 0 spiro atoms. The van der Waals surface area contributed by atoms with Crippen molar-refractivity contribution < 1.29 is 18.0 Å². The van der Waals surface area contributed by atoms with Crippen molar-refractivity contribution in [2.75, 3.05) is 13.1 Å². The van der Waals surface area contributed by atoms with E-state index < -0.39 is 17.2 Å². The zero-order chi connectivity index (χ0) is 22.6. The number of dihydropyridines is 1. The van der Waals surface area contributed by atoms with Crippen molar-refractivity contribution in [1.29, 1.82) is 0 Å². The monoisotopic (exact) mass is 431 g/mol. The number of aromatic nitrogens is 1. The summed E-state index contributed by atoms with van der Waals surface area (Å²) in [4.78, 5) is 15.4. The van der Waals surface area contributed by atoms with E-state index in [1.54, 1.807) is 11.0 Å². The molecule has 2 aliphatic heterocycles. The zero-order valence-electron chi connectivity index (χ0n) is 18.3. The molecule has 0 unspecified atom stereocenters. The minimum Gasteiger partial charge on any atom is -0.361 e. The third-order valence-corrected chi connectivity index (χ3v) is 6.80. The van der Waals surface area contributed by atoms with Crippen LogP contribution in [0.1, 0.15) is 37.7 Å². The summed E-state index contributed by atoms with van der Waals surface area (Å²) in [6.45, 7) is 8.74. The molecule has 4 rings (SSSR count). The molecule has 0 aromatic carbocycles. The summed E-state index contributed by atoms with van der Waals surface area (Å²) in [6.07, 6.45) is 4.27. The number of hydrogen-bond acceptors (Lipinski definition) is 2. The number of rotatable bonds is 3. The fourth-order valence-corrected chi connectivity index (χ4v) is 4.94. The fourth-order valence-electron chi connectivity index (χ4n) is 4.94. The van der Waals surface area contributed by atoms with Gasteiger partial charge >= 0.3 is 6.18 Å². The summed E-state index contributed by atoms with van der Waals surface area (Å²) >= 11 is 0. The highest BCUT2D eigenvalue weighted by Crippen LogP contribution is 2.46. The van der Waals surface area contributed by atoms with Gasteiger partial charge in [-0.15, -0.1) is 0 Å². The Balaban J connectivity index is 1.59. The second-order valence-corrected chi connectivity index (χ2v) is 9.03. The number of carbonyl (C=O) groups is 1. The van der Waals surface area contributed by atoms with Gasteiger partial charge in [0, 0.05) is 36.4 Å². The van der Waals surface area contributed by atoms with E-state index in [1.807, 2.05) is 19.9 Å². The number of alkyl halides is 3. The molecule has 1 aliphatic carbocycles. The quantitative estimate of drug-likeness (QED) is 0.688. The summed E-state index contributed by atoms with van der Waals surface area (Å²) in [5.41, 5.74) is 2.03.